The number of rotatable bonds is 3. The fraction of sp³-hybridized carbons (Fsp3) is 0.571. The number of anilines is 1. The molecule has 0 aromatic heterocycles. The molecule has 0 spiro atoms. The monoisotopic (exact) mass is 203 g/mol. The second-order valence-electron chi connectivity index (χ2n) is 4.49. The molecule has 1 fully saturated rings. The van der Waals surface area contributed by atoms with Gasteiger partial charge in [0.1, 0.15) is 0 Å². The molecule has 1 saturated carbocycles. The summed E-state index contributed by atoms with van der Waals surface area (Å²) in [5.74, 6) is 0.817. The van der Waals surface area contributed by atoms with Crippen LogP contribution in [0.25, 0.3) is 0 Å². The van der Waals surface area contributed by atoms with Gasteiger partial charge in [-0.2, -0.15) is 0 Å². The first-order valence-corrected chi connectivity index (χ1v) is 6.24. The van der Waals surface area contributed by atoms with E-state index in [9.17, 15) is 0 Å². The number of hydrogen-bond acceptors (Lipinski definition) is 1. The van der Waals surface area contributed by atoms with Crippen molar-refractivity contribution in [3.63, 3.8) is 0 Å². The molecule has 1 N–H and O–H groups in total. The van der Waals surface area contributed by atoms with E-state index in [0.29, 0.717) is 0 Å². The second-order valence-corrected chi connectivity index (χ2v) is 4.49. The lowest BCUT2D eigenvalue weighted by Gasteiger charge is -2.22. The van der Waals surface area contributed by atoms with Gasteiger partial charge in [0.15, 0.2) is 0 Å². The van der Waals surface area contributed by atoms with Gasteiger partial charge in [0.05, 0.1) is 0 Å². The molecule has 2 rings (SSSR count). The zero-order valence-electron chi connectivity index (χ0n) is 9.63. The SMILES string of the molecule is CCNc1cccc(C2CCCCC2)c1. The first kappa shape index (κ1) is 10.5. The molecule has 15 heavy (non-hydrogen) atoms. The van der Waals surface area contributed by atoms with Gasteiger partial charge < -0.3 is 5.32 Å². The summed E-state index contributed by atoms with van der Waals surface area (Å²) in [7, 11) is 0. The Kier molecular flexibility index (Phi) is 3.65. The van der Waals surface area contributed by atoms with Gasteiger partial charge in [-0.05, 0) is 43.4 Å². The van der Waals surface area contributed by atoms with Gasteiger partial charge in [-0.3, -0.25) is 0 Å². The van der Waals surface area contributed by atoms with Crippen LogP contribution in [0.5, 0.6) is 0 Å². The Morgan fingerprint density at radius 2 is 2.00 bits per heavy atom. The van der Waals surface area contributed by atoms with Crippen LogP contribution in [0.15, 0.2) is 24.3 Å². The lowest BCUT2D eigenvalue weighted by atomic mass is 9.84. The fourth-order valence-corrected chi connectivity index (χ4v) is 2.54. The van der Waals surface area contributed by atoms with Crippen LogP contribution in [0.3, 0.4) is 0 Å². The molecule has 0 amide bonds. The molecule has 1 nitrogen and oxygen atoms in total. The van der Waals surface area contributed by atoms with Crippen LogP contribution in [0, 0.1) is 0 Å². The Morgan fingerprint density at radius 3 is 2.73 bits per heavy atom. The lowest BCUT2D eigenvalue weighted by Crippen LogP contribution is -2.05. The smallest absolute Gasteiger partial charge is 0.0342 e. The van der Waals surface area contributed by atoms with Crippen LogP contribution < -0.4 is 5.32 Å². The number of nitrogens with one attached hydrogen (secondary N) is 1. The minimum absolute atomic E-state index is 0.817. The van der Waals surface area contributed by atoms with E-state index in [1.807, 2.05) is 0 Å². The van der Waals surface area contributed by atoms with E-state index < -0.39 is 0 Å². The summed E-state index contributed by atoms with van der Waals surface area (Å²) in [5.41, 5.74) is 2.81. The van der Waals surface area contributed by atoms with Gasteiger partial charge in [-0.25, -0.2) is 0 Å². The van der Waals surface area contributed by atoms with E-state index in [2.05, 4.69) is 36.5 Å². The highest BCUT2D eigenvalue weighted by atomic mass is 14.8. The maximum absolute atomic E-state index is 3.39. The van der Waals surface area contributed by atoms with Gasteiger partial charge in [-0.15, -0.1) is 0 Å². The van der Waals surface area contributed by atoms with E-state index in [1.54, 1.807) is 0 Å². The Morgan fingerprint density at radius 1 is 1.20 bits per heavy atom. The molecule has 1 aromatic rings. The van der Waals surface area contributed by atoms with Crippen LogP contribution >= 0.6 is 0 Å². The van der Waals surface area contributed by atoms with E-state index in [1.165, 1.54) is 43.4 Å². The largest absolute Gasteiger partial charge is 0.385 e. The third kappa shape index (κ3) is 2.74. The molecule has 0 bridgehead atoms. The molecule has 0 saturated heterocycles. The van der Waals surface area contributed by atoms with Crippen LogP contribution in [0.1, 0.15) is 50.5 Å². The quantitative estimate of drug-likeness (QED) is 0.777. The summed E-state index contributed by atoms with van der Waals surface area (Å²) in [6.45, 7) is 3.15. The van der Waals surface area contributed by atoms with Crippen molar-refractivity contribution < 1.29 is 0 Å². The summed E-state index contributed by atoms with van der Waals surface area (Å²) in [6.07, 6.45) is 7.03. The fourth-order valence-electron chi connectivity index (χ4n) is 2.54. The zero-order valence-corrected chi connectivity index (χ0v) is 9.63. The first-order valence-electron chi connectivity index (χ1n) is 6.24. The molecule has 1 aromatic carbocycles. The molecule has 0 heterocycles. The minimum Gasteiger partial charge on any atom is -0.385 e. The highest BCUT2D eigenvalue weighted by Crippen LogP contribution is 2.33. The molecule has 0 atom stereocenters. The molecule has 82 valence electrons. The Labute approximate surface area is 92.9 Å². The standard InChI is InChI=1S/C14H21N/c1-2-15-14-10-6-9-13(11-14)12-7-4-3-5-8-12/h6,9-12,15H,2-5,7-8H2,1H3. The van der Waals surface area contributed by atoms with Crippen molar-refractivity contribution in [1.29, 1.82) is 0 Å². The number of hydrogen-bond donors (Lipinski definition) is 1. The maximum atomic E-state index is 3.39. The molecular weight excluding hydrogens is 182 g/mol. The van der Waals surface area contributed by atoms with Gasteiger partial charge in [0, 0.05) is 12.2 Å². The van der Waals surface area contributed by atoms with Crippen molar-refractivity contribution in [3.05, 3.63) is 29.8 Å². The summed E-state index contributed by atoms with van der Waals surface area (Å²) >= 11 is 0. The average molecular weight is 203 g/mol. The first-order chi connectivity index (χ1) is 7.40. The Bertz CT molecular complexity index is 300. The van der Waals surface area contributed by atoms with Gasteiger partial charge in [0.25, 0.3) is 0 Å². The lowest BCUT2D eigenvalue weighted by molar-refractivity contribution is 0.444. The van der Waals surface area contributed by atoms with E-state index >= 15 is 0 Å². The highest BCUT2D eigenvalue weighted by Gasteiger charge is 2.15. The van der Waals surface area contributed by atoms with Crippen molar-refractivity contribution in [2.75, 3.05) is 11.9 Å². The second kappa shape index (κ2) is 5.20. The van der Waals surface area contributed by atoms with Crippen LogP contribution in [-0.4, -0.2) is 6.54 Å². The van der Waals surface area contributed by atoms with E-state index in [-0.39, 0.29) is 0 Å². The Hall–Kier alpha value is -0.980. The third-order valence-electron chi connectivity index (χ3n) is 3.34. The molecule has 0 radical (unpaired) electrons. The van der Waals surface area contributed by atoms with Crippen LogP contribution in [0.2, 0.25) is 0 Å². The van der Waals surface area contributed by atoms with Gasteiger partial charge in [-0.1, -0.05) is 31.4 Å². The molecule has 1 aliphatic rings. The van der Waals surface area contributed by atoms with Crippen molar-refractivity contribution in [1.82, 2.24) is 0 Å². The van der Waals surface area contributed by atoms with Crippen LogP contribution in [-0.2, 0) is 0 Å². The molecular formula is C14H21N. The van der Waals surface area contributed by atoms with Gasteiger partial charge in [0.2, 0.25) is 0 Å². The zero-order chi connectivity index (χ0) is 10.5. The summed E-state index contributed by atoms with van der Waals surface area (Å²) in [4.78, 5) is 0. The van der Waals surface area contributed by atoms with Crippen LogP contribution in [0.4, 0.5) is 5.69 Å². The summed E-state index contributed by atoms with van der Waals surface area (Å²) < 4.78 is 0. The predicted molar refractivity (Wildman–Crippen MR) is 66.4 cm³/mol. The summed E-state index contributed by atoms with van der Waals surface area (Å²) in [6, 6.07) is 8.97. The van der Waals surface area contributed by atoms with Crippen molar-refractivity contribution in [2.24, 2.45) is 0 Å². The topological polar surface area (TPSA) is 12.0 Å². The average Bonchev–Trinajstić information content (AvgIpc) is 2.31. The molecule has 0 aliphatic heterocycles. The highest BCUT2D eigenvalue weighted by molar-refractivity contribution is 5.46. The molecule has 1 heteroatoms. The third-order valence-corrected chi connectivity index (χ3v) is 3.34. The maximum Gasteiger partial charge on any atom is 0.0342 e. The Balaban J connectivity index is 2.09. The van der Waals surface area contributed by atoms with Crippen molar-refractivity contribution in [3.8, 4) is 0 Å². The number of benzene rings is 1. The molecule has 1 aliphatic carbocycles. The normalized spacial score (nSPS) is 17.7. The minimum atomic E-state index is 0.817. The summed E-state index contributed by atoms with van der Waals surface area (Å²) in [5, 5.41) is 3.39. The van der Waals surface area contributed by atoms with Crippen molar-refractivity contribution in [2.45, 2.75) is 44.9 Å². The predicted octanol–water partition coefficient (Wildman–Crippen LogP) is 4.17. The van der Waals surface area contributed by atoms with E-state index in [0.717, 1.165) is 12.5 Å². The van der Waals surface area contributed by atoms with Gasteiger partial charge >= 0.3 is 0 Å². The van der Waals surface area contributed by atoms with E-state index in [4.69, 9.17) is 0 Å². The van der Waals surface area contributed by atoms with Crippen molar-refractivity contribution >= 4 is 5.69 Å². The molecule has 0 unspecified atom stereocenters.